The number of sulfone groups is 1. The minimum absolute atomic E-state index is 0.0209. The van der Waals surface area contributed by atoms with Crippen LogP contribution in [0, 0.1) is 0 Å². The van der Waals surface area contributed by atoms with Crippen molar-refractivity contribution in [2.24, 2.45) is 5.73 Å². The van der Waals surface area contributed by atoms with E-state index in [0.717, 1.165) is 6.26 Å². The molecule has 0 aliphatic carbocycles. The van der Waals surface area contributed by atoms with Crippen LogP contribution in [0.3, 0.4) is 0 Å². The summed E-state index contributed by atoms with van der Waals surface area (Å²) in [5.74, 6) is -0.0209. The Balaban J connectivity index is 3.66. The summed E-state index contributed by atoms with van der Waals surface area (Å²) in [7, 11) is -2.97. The number of nitrogens with two attached hydrogens (primary N) is 1. The first-order valence-electron chi connectivity index (χ1n) is 2.84. The summed E-state index contributed by atoms with van der Waals surface area (Å²) in [4.78, 5) is 9.90. The Kier molecular flexibility index (Phi) is 3.52. The third kappa shape index (κ3) is 5.71. The van der Waals surface area contributed by atoms with Crippen molar-refractivity contribution in [1.82, 2.24) is 0 Å². The number of hydrogen-bond donors (Lipinski definition) is 1. The van der Waals surface area contributed by atoms with E-state index in [1.165, 1.54) is 0 Å². The zero-order valence-electron chi connectivity index (χ0n) is 5.78. The topological polar surface area (TPSA) is 77.2 Å². The van der Waals surface area contributed by atoms with Crippen LogP contribution in [0.2, 0.25) is 0 Å². The lowest BCUT2D eigenvalue weighted by Crippen LogP contribution is -2.24. The lowest BCUT2D eigenvalue weighted by molar-refractivity contribution is -0.108. The highest BCUT2D eigenvalue weighted by Gasteiger charge is 2.05. The van der Waals surface area contributed by atoms with Crippen molar-refractivity contribution in [2.45, 2.75) is 12.5 Å². The number of carbonyl (C=O) groups is 1. The molecule has 0 heterocycles. The quantitative estimate of drug-likeness (QED) is 0.539. The fraction of sp³-hybridized carbons (Fsp3) is 0.800. The molecule has 2 N–H and O–H groups in total. The second-order valence-corrected chi connectivity index (χ2v) is 4.48. The van der Waals surface area contributed by atoms with Crippen LogP contribution < -0.4 is 5.73 Å². The van der Waals surface area contributed by atoms with Crippen molar-refractivity contribution in [3.63, 3.8) is 0 Å². The largest absolute Gasteiger partial charge is 0.322 e. The van der Waals surface area contributed by atoms with E-state index in [-0.39, 0.29) is 12.2 Å². The SMILES string of the molecule is CS(=O)(=O)CCC(N)C=O. The van der Waals surface area contributed by atoms with Crippen LogP contribution >= 0.6 is 0 Å². The smallest absolute Gasteiger partial charge is 0.147 e. The Morgan fingerprint density at radius 2 is 2.10 bits per heavy atom. The first-order chi connectivity index (χ1) is 4.45. The van der Waals surface area contributed by atoms with E-state index >= 15 is 0 Å². The van der Waals surface area contributed by atoms with Gasteiger partial charge in [-0.05, 0) is 6.42 Å². The van der Waals surface area contributed by atoms with Crippen LogP contribution in [0.5, 0.6) is 0 Å². The van der Waals surface area contributed by atoms with E-state index in [1.54, 1.807) is 0 Å². The predicted molar refractivity (Wildman–Crippen MR) is 38.4 cm³/mol. The highest BCUT2D eigenvalue weighted by atomic mass is 32.2. The normalized spacial score (nSPS) is 14.6. The molecule has 0 aromatic rings. The summed E-state index contributed by atoms with van der Waals surface area (Å²) in [6.07, 6.45) is 1.87. The third-order valence-corrected chi connectivity index (χ3v) is 1.97. The molecule has 1 atom stereocenters. The van der Waals surface area contributed by atoms with Gasteiger partial charge in [0.05, 0.1) is 11.8 Å². The van der Waals surface area contributed by atoms with Gasteiger partial charge in [0.25, 0.3) is 0 Å². The second-order valence-electron chi connectivity index (χ2n) is 2.22. The van der Waals surface area contributed by atoms with Crippen LogP contribution in [-0.4, -0.2) is 32.8 Å². The molecular formula is C5H11NO3S. The Labute approximate surface area is 60.3 Å². The molecule has 0 spiro atoms. The standard InChI is InChI=1S/C5H11NO3S/c1-10(8,9)3-2-5(6)4-7/h4-5H,2-3,6H2,1H3. The van der Waals surface area contributed by atoms with E-state index in [9.17, 15) is 13.2 Å². The molecule has 0 aromatic carbocycles. The first kappa shape index (κ1) is 9.58. The van der Waals surface area contributed by atoms with E-state index in [4.69, 9.17) is 5.73 Å². The van der Waals surface area contributed by atoms with Gasteiger partial charge < -0.3 is 10.5 Å². The molecular weight excluding hydrogens is 154 g/mol. The molecule has 0 bridgehead atoms. The van der Waals surface area contributed by atoms with E-state index in [1.807, 2.05) is 0 Å². The van der Waals surface area contributed by atoms with Gasteiger partial charge in [0, 0.05) is 6.26 Å². The van der Waals surface area contributed by atoms with Gasteiger partial charge >= 0.3 is 0 Å². The maximum atomic E-state index is 10.5. The van der Waals surface area contributed by atoms with Crippen molar-refractivity contribution in [3.05, 3.63) is 0 Å². The molecule has 0 aliphatic heterocycles. The van der Waals surface area contributed by atoms with E-state index in [2.05, 4.69) is 0 Å². The Hall–Kier alpha value is -0.420. The summed E-state index contributed by atoms with van der Waals surface area (Å²) in [6, 6.07) is -0.644. The van der Waals surface area contributed by atoms with Gasteiger partial charge in [-0.15, -0.1) is 0 Å². The minimum atomic E-state index is -2.97. The summed E-state index contributed by atoms with van der Waals surface area (Å²) in [5.41, 5.74) is 5.15. The van der Waals surface area contributed by atoms with Gasteiger partial charge in [-0.25, -0.2) is 8.42 Å². The fourth-order valence-corrected chi connectivity index (χ4v) is 1.12. The number of hydrogen-bond acceptors (Lipinski definition) is 4. The Morgan fingerprint density at radius 3 is 2.40 bits per heavy atom. The molecule has 60 valence electrons. The zero-order valence-corrected chi connectivity index (χ0v) is 6.60. The van der Waals surface area contributed by atoms with Crippen LogP contribution in [0.4, 0.5) is 0 Å². The number of carbonyl (C=O) groups excluding carboxylic acids is 1. The van der Waals surface area contributed by atoms with Gasteiger partial charge in [-0.1, -0.05) is 0 Å². The molecule has 0 saturated heterocycles. The average molecular weight is 165 g/mol. The summed E-state index contributed by atoms with van der Waals surface area (Å²) >= 11 is 0. The monoisotopic (exact) mass is 165 g/mol. The molecule has 5 heteroatoms. The molecule has 0 fully saturated rings. The van der Waals surface area contributed by atoms with Crippen LogP contribution in [-0.2, 0) is 14.6 Å². The van der Waals surface area contributed by atoms with Gasteiger partial charge in [-0.3, -0.25) is 0 Å². The third-order valence-electron chi connectivity index (χ3n) is 0.997. The average Bonchev–Trinajstić information content (AvgIpc) is 1.81. The number of rotatable bonds is 4. The highest BCUT2D eigenvalue weighted by Crippen LogP contribution is 1.90. The lowest BCUT2D eigenvalue weighted by Gasteiger charge is -2.00. The molecule has 1 unspecified atom stereocenters. The summed E-state index contributed by atoms with van der Waals surface area (Å²) in [5, 5.41) is 0. The minimum Gasteiger partial charge on any atom is -0.322 e. The molecule has 0 radical (unpaired) electrons. The number of aldehydes is 1. The molecule has 0 aromatic heterocycles. The lowest BCUT2D eigenvalue weighted by atomic mass is 10.3. The van der Waals surface area contributed by atoms with Gasteiger partial charge in [0.15, 0.2) is 0 Å². The maximum absolute atomic E-state index is 10.5. The molecule has 0 amide bonds. The van der Waals surface area contributed by atoms with Crippen molar-refractivity contribution in [1.29, 1.82) is 0 Å². The first-order valence-corrected chi connectivity index (χ1v) is 4.90. The van der Waals surface area contributed by atoms with Crippen molar-refractivity contribution >= 4 is 16.1 Å². The van der Waals surface area contributed by atoms with Crippen LogP contribution in [0.1, 0.15) is 6.42 Å². The molecule has 4 nitrogen and oxygen atoms in total. The summed E-state index contributed by atoms with van der Waals surface area (Å²) < 4.78 is 21.0. The van der Waals surface area contributed by atoms with Gasteiger partial charge in [0.2, 0.25) is 0 Å². The maximum Gasteiger partial charge on any atom is 0.147 e. The van der Waals surface area contributed by atoms with Crippen molar-refractivity contribution in [2.75, 3.05) is 12.0 Å². The highest BCUT2D eigenvalue weighted by molar-refractivity contribution is 7.90. The Bertz CT molecular complexity index is 197. The van der Waals surface area contributed by atoms with Crippen molar-refractivity contribution in [3.8, 4) is 0 Å². The Morgan fingerprint density at radius 1 is 1.60 bits per heavy atom. The second kappa shape index (κ2) is 3.68. The zero-order chi connectivity index (χ0) is 8.20. The summed E-state index contributed by atoms with van der Waals surface area (Å²) in [6.45, 7) is 0. The molecule has 0 aliphatic rings. The van der Waals surface area contributed by atoms with Crippen molar-refractivity contribution < 1.29 is 13.2 Å². The fourth-order valence-electron chi connectivity index (χ4n) is 0.418. The van der Waals surface area contributed by atoms with Crippen LogP contribution in [0.15, 0.2) is 0 Å². The van der Waals surface area contributed by atoms with Gasteiger partial charge in [-0.2, -0.15) is 0 Å². The van der Waals surface area contributed by atoms with E-state index < -0.39 is 15.9 Å². The molecule has 10 heavy (non-hydrogen) atoms. The van der Waals surface area contributed by atoms with E-state index in [0.29, 0.717) is 6.29 Å². The predicted octanol–water partition coefficient (Wildman–Crippen LogP) is -1.05. The van der Waals surface area contributed by atoms with Gasteiger partial charge in [0.1, 0.15) is 16.1 Å². The van der Waals surface area contributed by atoms with Crippen LogP contribution in [0.25, 0.3) is 0 Å². The molecule has 0 saturated carbocycles. The molecule has 0 rings (SSSR count).